The molecule has 1 aromatic heterocycles. The number of benzene rings is 1. The van der Waals surface area contributed by atoms with Gasteiger partial charge in [0.05, 0.1) is 12.7 Å². The molecule has 0 fully saturated rings. The molecule has 0 aliphatic heterocycles. The van der Waals surface area contributed by atoms with Crippen LogP contribution in [0.15, 0.2) is 29.4 Å². The lowest BCUT2D eigenvalue weighted by Gasteiger charge is -2.09. The lowest BCUT2D eigenvalue weighted by Crippen LogP contribution is -2.09. The summed E-state index contributed by atoms with van der Waals surface area (Å²) in [6.45, 7) is 2.31. The molecule has 0 aliphatic carbocycles. The first-order valence-electron chi connectivity index (χ1n) is 5.75. The van der Waals surface area contributed by atoms with Crippen LogP contribution in [-0.4, -0.2) is 36.5 Å². The maximum absolute atomic E-state index is 11.7. The predicted molar refractivity (Wildman–Crippen MR) is 70.8 cm³/mol. The van der Waals surface area contributed by atoms with E-state index in [0.717, 1.165) is 6.26 Å². The molecular weight excluding hydrogens is 266 g/mol. The molecule has 102 valence electrons. The van der Waals surface area contributed by atoms with Crippen LogP contribution < -0.4 is 4.74 Å². The Balaban J connectivity index is 2.67. The summed E-state index contributed by atoms with van der Waals surface area (Å²) >= 11 is 0. The van der Waals surface area contributed by atoms with Crippen LogP contribution in [0.25, 0.3) is 11.4 Å². The Kier molecular flexibility index (Phi) is 3.57. The first-order chi connectivity index (χ1) is 8.99. The van der Waals surface area contributed by atoms with Gasteiger partial charge < -0.3 is 4.74 Å². The molecule has 19 heavy (non-hydrogen) atoms. The Morgan fingerprint density at radius 1 is 1.26 bits per heavy atom. The van der Waals surface area contributed by atoms with Gasteiger partial charge >= 0.3 is 0 Å². The molecule has 0 unspecified atom stereocenters. The summed E-state index contributed by atoms with van der Waals surface area (Å²) in [5.74, 6) is 1.12. The highest BCUT2D eigenvalue weighted by Gasteiger charge is 2.21. The zero-order chi connectivity index (χ0) is 14.0. The van der Waals surface area contributed by atoms with E-state index in [1.165, 1.54) is 0 Å². The average Bonchev–Trinajstić information content (AvgIpc) is 2.82. The smallest absolute Gasteiger partial charge is 0.249 e. The van der Waals surface area contributed by atoms with Gasteiger partial charge in [0.1, 0.15) is 5.75 Å². The Bertz CT molecular complexity index is 692. The molecular formula is C12H15N3O3S. The van der Waals surface area contributed by atoms with Crippen molar-refractivity contribution < 1.29 is 13.2 Å². The highest BCUT2D eigenvalue weighted by Crippen LogP contribution is 2.29. The summed E-state index contributed by atoms with van der Waals surface area (Å²) in [5.41, 5.74) is 0.717. The van der Waals surface area contributed by atoms with Gasteiger partial charge in [0, 0.05) is 12.8 Å². The molecule has 0 radical (unpaired) electrons. The molecule has 0 atom stereocenters. The van der Waals surface area contributed by atoms with Gasteiger partial charge in [-0.1, -0.05) is 12.1 Å². The van der Waals surface area contributed by atoms with E-state index < -0.39 is 9.84 Å². The molecule has 0 N–H and O–H groups in total. The van der Waals surface area contributed by atoms with E-state index in [4.69, 9.17) is 4.74 Å². The second-order valence-electron chi connectivity index (χ2n) is 4.02. The van der Waals surface area contributed by atoms with E-state index in [2.05, 4.69) is 10.2 Å². The maximum atomic E-state index is 11.7. The van der Waals surface area contributed by atoms with Gasteiger partial charge in [0.15, 0.2) is 5.82 Å². The zero-order valence-electron chi connectivity index (χ0n) is 11.0. The third-order valence-electron chi connectivity index (χ3n) is 2.71. The van der Waals surface area contributed by atoms with Crippen molar-refractivity contribution in [1.82, 2.24) is 14.8 Å². The van der Waals surface area contributed by atoms with Crippen LogP contribution in [0.1, 0.15) is 6.92 Å². The minimum Gasteiger partial charge on any atom is -0.496 e. The van der Waals surface area contributed by atoms with Crippen LogP contribution in [0, 0.1) is 0 Å². The number of ether oxygens (including phenoxy) is 1. The van der Waals surface area contributed by atoms with E-state index in [1.807, 2.05) is 25.1 Å². The van der Waals surface area contributed by atoms with Crippen molar-refractivity contribution in [2.45, 2.75) is 18.6 Å². The summed E-state index contributed by atoms with van der Waals surface area (Å²) in [5, 5.41) is 7.73. The van der Waals surface area contributed by atoms with E-state index >= 15 is 0 Å². The number of hydrogen-bond acceptors (Lipinski definition) is 5. The molecule has 0 amide bonds. The normalized spacial score (nSPS) is 11.5. The van der Waals surface area contributed by atoms with Crippen LogP contribution in [-0.2, 0) is 16.4 Å². The molecule has 0 aliphatic rings. The largest absolute Gasteiger partial charge is 0.496 e. The van der Waals surface area contributed by atoms with Crippen molar-refractivity contribution >= 4 is 9.84 Å². The number of sulfone groups is 1. The molecule has 0 saturated heterocycles. The molecule has 6 nitrogen and oxygen atoms in total. The lowest BCUT2D eigenvalue weighted by atomic mass is 10.2. The van der Waals surface area contributed by atoms with E-state index in [1.54, 1.807) is 17.7 Å². The summed E-state index contributed by atoms with van der Waals surface area (Å²) < 4.78 is 30.1. The Morgan fingerprint density at radius 3 is 2.53 bits per heavy atom. The van der Waals surface area contributed by atoms with Gasteiger partial charge in [-0.25, -0.2) is 8.42 Å². The fourth-order valence-electron chi connectivity index (χ4n) is 1.88. The Morgan fingerprint density at radius 2 is 1.95 bits per heavy atom. The van der Waals surface area contributed by atoms with Crippen molar-refractivity contribution in [3.05, 3.63) is 24.3 Å². The topological polar surface area (TPSA) is 74.1 Å². The number of aromatic nitrogens is 3. The number of para-hydroxylation sites is 1. The zero-order valence-corrected chi connectivity index (χ0v) is 11.8. The first kappa shape index (κ1) is 13.5. The van der Waals surface area contributed by atoms with Crippen molar-refractivity contribution in [2.24, 2.45) is 0 Å². The van der Waals surface area contributed by atoms with Crippen LogP contribution in [0.3, 0.4) is 0 Å². The Labute approximate surface area is 112 Å². The molecule has 0 spiro atoms. The van der Waals surface area contributed by atoms with Crippen LogP contribution in [0.5, 0.6) is 5.75 Å². The summed E-state index contributed by atoms with van der Waals surface area (Å²) in [7, 11) is -1.85. The SMILES string of the molecule is CCn1c(-c2ccccc2OC)nnc1S(C)(=O)=O. The highest BCUT2D eigenvalue weighted by molar-refractivity contribution is 7.90. The van der Waals surface area contributed by atoms with Gasteiger partial charge in [-0.15, -0.1) is 10.2 Å². The highest BCUT2D eigenvalue weighted by atomic mass is 32.2. The standard InChI is InChI=1S/C12H15N3O3S/c1-4-15-11(13-14-12(15)19(3,16)17)9-7-5-6-8-10(9)18-2/h5-8H,4H2,1-3H3. The third kappa shape index (κ3) is 2.46. The quantitative estimate of drug-likeness (QED) is 0.846. The number of rotatable bonds is 4. The summed E-state index contributed by atoms with van der Waals surface area (Å²) in [4.78, 5) is 0. The van der Waals surface area contributed by atoms with Crippen molar-refractivity contribution in [2.75, 3.05) is 13.4 Å². The fourth-order valence-corrected chi connectivity index (χ4v) is 2.68. The van der Waals surface area contributed by atoms with Crippen molar-refractivity contribution in [3.8, 4) is 17.1 Å². The number of methoxy groups -OCH3 is 1. The average molecular weight is 281 g/mol. The van der Waals surface area contributed by atoms with Gasteiger partial charge in [-0.3, -0.25) is 4.57 Å². The Hall–Kier alpha value is -1.89. The van der Waals surface area contributed by atoms with Gasteiger partial charge in [-0.05, 0) is 19.1 Å². The third-order valence-corrected chi connectivity index (χ3v) is 3.68. The minimum atomic E-state index is -3.40. The second kappa shape index (κ2) is 5.00. The minimum absolute atomic E-state index is 0.0316. The van der Waals surface area contributed by atoms with Gasteiger partial charge in [0.2, 0.25) is 15.0 Å². The lowest BCUT2D eigenvalue weighted by molar-refractivity contribution is 0.415. The molecule has 2 rings (SSSR count). The first-order valence-corrected chi connectivity index (χ1v) is 7.64. The van der Waals surface area contributed by atoms with E-state index in [0.29, 0.717) is 23.7 Å². The van der Waals surface area contributed by atoms with Crippen LogP contribution >= 0.6 is 0 Å². The number of nitrogens with zero attached hydrogens (tertiary/aromatic N) is 3. The molecule has 1 aromatic carbocycles. The maximum Gasteiger partial charge on any atom is 0.249 e. The fraction of sp³-hybridized carbons (Fsp3) is 0.333. The molecule has 0 saturated carbocycles. The predicted octanol–water partition coefficient (Wildman–Crippen LogP) is 1.38. The van der Waals surface area contributed by atoms with Crippen LogP contribution in [0.2, 0.25) is 0 Å². The second-order valence-corrected chi connectivity index (χ2v) is 5.93. The molecule has 2 aromatic rings. The monoisotopic (exact) mass is 281 g/mol. The van der Waals surface area contributed by atoms with Crippen molar-refractivity contribution in [1.29, 1.82) is 0 Å². The molecule has 0 bridgehead atoms. The molecule has 1 heterocycles. The summed E-state index contributed by atoms with van der Waals surface area (Å²) in [6, 6.07) is 7.30. The van der Waals surface area contributed by atoms with Crippen molar-refractivity contribution in [3.63, 3.8) is 0 Å². The van der Waals surface area contributed by atoms with Crippen LogP contribution in [0.4, 0.5) is 0 Å². The number of hydrogen-bond donors (Lipinski definition) is 0. The van der Waals surface area contributed by atoms with E-state index in [9.17, 15) is 8.42 Å². The van der Waals surface area contributed by atoms with E-state index in [-0.39, 0.29) is 5.16 Å². The van der Waals surface area contributed by atoms with Gasteiger partial charge in [0.25, 0.3) is 0 Å². The summed E-state index contributed by atoms with van der Waals surface area (Å²) in [6.07, 6.45) is 1.12. The molecule has 7 heteroatoms. The van der Waals surface area contributed by atoms with Gasteiger partial charge in [-0.2, -0.15) is 0 Å².